The van der Waals surface area contributed by atoms with E-state index in [9.17, 15) is 0 Å². The van der Waals surface area contributed by atoms with Crippen molar-refractivity contribution in [2.75, 3.05) is 13.1 Å². The van der Waals surface area contributed by atoms with Crippen molar-refractivity contribution in [3.8, 4) is 0 Å². The van der Waals surface area contributed by atoms with Gasteiger partial charge >= 0.3 is 17.1 Å². The summed E-state index contributed by atoms with van der Waals surface area (Å²) in [4.78, 5) is 6.59. The molecule has 0 spiro atoms. The number of hydrogen-bond donors (Lipinski definition) is 1. The Morgan fingerprint density at radius 1 is 1.29 bits per heavy atom. The number of thiocarbonyl (C=S) groups is 1. The smallest absolute Gasteiger partial charge is 0.348 e. The Hall–Kier alpha value is -0.971. The molecule has 1 radical (unpaired) electrons. The molecule has 4 nitrogen and oxygen atoms in total. The molecular formula is C15H24CuN4S+2. The molecule has 0 atom stereocenters. The molecule has 0 bridgehead atoms. The zero-order valence-corrected chi connectivity index (χ0v) is 14.9. The Kier molecular flexibility index (Phi) is 10.2. The molecule has 1 heterocycles. The van der Waals surface area contributed by atoms with Crippen LogP contribution in [0.4, 0.5) is 0 Å². The fourth-order valence-corrected chi connectivity index (χ4v) is 2.09. The van der Waals surface area contributed by atoms with Gasteiger partial charge in [-0.3, -0.25) is 10.4 Å². The zero-order chi connectivity index (χ0) is 15.0. The topological polar surface area (TPSA) is 40.5 Å². The third-order valence-electron chi connectivity index (χ3n) is 2.85. The third-order valence-corrected chi connectivity index (χ3v) is 3.20. The van der Waals surface area contributed by atoms with Gasteiger partial charge in [0.05, 0.1) is 11.4 Å². The van der Waals surface area contributed by atoms with Crippen LogP contribution in [0.25, 0.3) is 0 Å². The minimum atomic E-state index is 0. The maximum atomic E-state index is 5.39. The summed E-state index contributed by atoms with van der Waals surface area (Å²) in [5, 5.41) is 5.02. The molecule has 0 aliphatic rings. The van der Waals surface area contributed by atoms with Crippen LogP contribution in [0.1, 0.15) is 45.0 Å². The van der Waals surface area contributed by atoms with Crippen molar-refractivity contribution < 1.29 is 17.1 Å². The van der Waals surface area contributed by atoms with Crippen molar-refractivity contribution >= 4 is 23.0 Å². The first kappa shape index (κ1) is 20.0. The largest absolute Gasteiger partial charge is 2.00 e. The summed E-state index contributed by atoms with van der Waals surface area (Å²) in [6.07, 6.45) is 2.15. The molecule has 1 aromatic heterocycles. The Balaban J connectivity index is 0.00000400. The van der Waals surface area contributed by atoms with E-state index in [1.54, 1.807) is 0 Å². The van der Waals surface area contributed by atoms with Gasteiger partial charge in [-0.05, 0) is 51.0 Å². The monoisotopic (exact) mass is 355 g/mol. The van der Waals surface area contributed by atoms with Crippen molar-refractivity contribution in [2.45, 2.75) is 40.5 Å². The van der Waals surface area contributed by atoms with Crippen molar-refractivity contribution in [1.82, 2.24) is 15.3 Å². The van der Waals surface area contributed by atoms with E-state index < -0.39 is 0 Å². The van der Waals surface area contributed by atoms with Crippen LogP contribution in [0.3, 0.4) is 0 Å². The van der Waals surface area contributed by atoms with Crippen LogP contribution in [0.2, 0.25) is 0 Å². The number of nitrogens with one attached hydrogen (secondary N) is 1. The quantitative estimate of drug-likeness (QED) is 0.368. The van der Waals surface area contributed by atoms with Crippen molar-refractivity contribution in [3.63, 3.8) is 0 Å². The molecule has 6 heteroatoms. The first-order valence-electron chi connectivity index (χ1n) is 7.11. The second kappa shape index (κ2) is 10.7. The number of hydrazone groups is 1. The second-order valence-electron chi connectivity index (χ2n) is 4.77. The Morgan fingerprint density at radius 3 is 2.43 bits per heavy atom. The van der Waals surface area contributed by atoms with E-state index in [0.717, 1.165) is 43.0 Å². The Labute approximate surface area is 143 Å². The molecule has 0 saturated carbocycles. The number of nitrogens with zero attached hydrogens (tertiary/aromatic N) is 3. The summed E-state index contributed by atoms with van der Waals surface area (Å²) in [5.41, 5.74) is 5.67. The summed E-state index contributed by atoms with van der Waals surface area (Å²) in [5.74, 6) is 0. The summed E-state index contributed by atoms with van der Waals surface area (Å²) < 4.78 is 0. The molecule has 0 amide bonds. The predicted octanol–water partition coefficient (Wildman–Crippen LogP) is 3.11. The second-order valence-corrected chi connectivity index (χ2v) is 5.15. The number of rotatable bonds is 6. The molecule has 1 aromatic rings. The summed E-state index contributed by atoms with van der Waals surface area (Å²) in [6.45, 7) is 10.1. The fourth-order valence-electron chi connectivity index (χ4n) is 1.86. The van der Waals surface area contributed by atoms with Crippen molar-refractivity contribution in [2.24, 2.45) is 5.10 Å². The van der Waals surface area contributed by atoms with Crippen molar-refractivity contribution in [3.05, 3.63) is 29.6 Å². The van der Waals surface area contributed by atoms with E-state index in [1.165, 1.54) is 0 Å². The molecule has 0 aliphatic carbocycles. The predicted molar refractivity (Wildman–Crippen MR) is 89.1 cm³/mol. The van der Waals surface area contributed by atoms with E-state index in [4.69, 9.17) is 12.2 Å². The Bertz CT molecular complexity index is 470. The van der Waals surface area contributed by atoms with Crippen LogP contribution in [0.15, 0.2) is 23.3 Å². The van der Waals surface area contributed by atoms with Gasteiger partial charge in [-0.15, -0.1) is 0 Å². The fraction of sp³-hybridized carbons (Fsp3) is 0.533. The SMILES string of the molecule is CCCN(CCC)C(=S)NN=C(C)c1cccc(C)n1.[Cu+2]. The van der Waals surface area contributed by atoms with E-state index in [1.807, 2.05) is 32.0 Å². The maximum absolute atomic E-state index is 5.39. The molecule has 1 rings (SSSR count). The number of hydrogen-bond acceptors (Lipinski definition) is 3. The molecule has 0 unspecified atom stereocenters. The van der Waals surface area contributed by atoms with Crippen LogP contribution in [-0.4, -0.2) is 33.8 Å². The van der Waals surface area contributed by atoms with Crippen LogP contribution in [-0.2, 0) is 17.1 Å². The molecular weight excluding hydrogens is 332 g/mol. The van der Waals surface area contributed by atoms with E-state index >= 15 is 0 Å². The summed E-state index contributed by atoms with van der Waals surface area (Å²) in [6, 6.07) is 5.90. The van der Waals surface area contributed by atoms with Crippen molar-refractivity contribution in [1.29, 1.82) is 0 Å². The van der Waals surface area contributed by atoms with Crippen LogP contribution >= 0.6 is 12.2 Å². The molecule has 1 N–H and O–H groups in total. The van der Waals surface area contributed by atoms with Gasteiger partial charge in [0, 0.05) is 18.8 Å². The maximum Gasteiger partial charge on any atom is 2.00 e. The standard InChI is InChI=1S/C15H24N4S.Cu/c1-5-10-19(11-6-2)15(20)18-17-13(4)14-9-7-8-12(3)16-14;/h7-9H,5-6,10-11H2,1-4H3,(H,18,20);/q;+2. The van der Waals surface area contributed by atoms with Gasteiger partial charge in [0.15, 0.2) is 5.11 Å². The van der Waals surface area contributed by atoms with Crippen LogP contribution < -0.4 is 5.43 Å². The van der Waals surface area contributed by atoms with Gasteiger partial charge in [-0.1, -0.05) is 19.9 Å². The molecule has 0 aromatic carbocycles. The van der Waals surface area contributed by atoms with Gasteiger partial charge in [-0.25, -0.2) is 0 Å². The van der Waals surface area contributed by atoms with Crippen LogP contribution in [0.5, 0.6) is 0 Å². The average molecular weight is 356 g/mol. The van der Waals surface area contributed by atoms with Gasteiger partial charge in [0.2, 0.25) is 0 Å². The summed E-state index contributed by atoms with van der Waals surface area (Å²) >= 11 is 5.39. The Morgan fingerprint density at radius 2 is 1.90 bits per heavy atom. The first-order chi connectivity index (χ1) is 9.58. The normalized spacial score (nSPS) is 10.8. The van der Waals surface area contributed by atoms with Gasteiger partial charge in [-0.2, -0.15) is 5.10 Å². The van der Waals surface area contributed by atoms with E-state index in [0.29, 0.717) is 5.11 Å². The molecule has 0 fully saturated rings. The van der Waals surface area contributed by atoms with Gasteiger partial charge in [0.25, 0.3) is 0 Å². The van der Waals surface area contributed by atoms with Gasteiger partial charge in [0.1, 0.15) is 0 Å². The number of aryl methyl sites for hydroxylation is 1. The minimum Gasteiger partial charge on any atom is -0.348 e. The van der Waals surface area contributed by atoms with E-state index in [-0.39, 0.29) is 17.1 Å². The first-order valence-corrected chi connectivity index (χ1v) is 7.52. The zero-order valence-electron chi connectivity index (χ0n) is 13.1. The molecule has 0 aliphatic heterocycles. The number of pyridine rings is 1. The molecule has 119 valence electrons. The average Bonchev–Trinajstić information content (AvgIpc) is 2.44. The minimum absolute atomic E-state index is 0. The van der Waals surface area contributed by atoms with Gasteiger partial charge < -0.3 is 4.90 Å². The molecule has 0 saturated heterocycles. The number of aromatic nitrogens is 1. The summed E-state index contributed by atoms with van der Waals surface area (Å²) in [7, 11) is 0. The van der Waals surface area contributed by atoms with Crippen LogP contribution in [0, 0.1) is 6.92 Å². The molecule has 21 heavy (non-hydrogen) atoms. The van der Waals surface area contributed by atoms with E-state index in [2.05, 4.69) is 34.3 Å². The third kappa shape index (κ3) is 7.02.